The minimum Gasteiger partial charge on any atom is -0.497 e. The summed E-state index contributed by atoms with van der Waals surface area (Å²) in [6.07, 6.45) is 0. The minimum absolute atomic E-state index is 0.267. The maximum absolute atomic E-state index is 11.8. The van der Waals surface area contributed by atoms with Crippen LogP contribution in [0.1, 0.15) is 12.5 Å². The number of rotatable bonds is 4. The predicted octanol–water partition coefficient (Wildman–Crippen LogP) is 1.30. The maximum atomic E-state index is 11.8. The lowest BCUT2D eigenvalue weighted by Crippen LogP contribution is -2.23. The minimum atomic E-state index is -3.40. The molecule has 0 aliphatic carbocycles. The molecule has 0 fully saturated rings. The van der Waals surface area contributed by atoms with Crippen molar-refractivity contribution < 1.29 is 13.2 Å². The summed E-state index contributed by atoms with van der Waals surface area (Å²) in [7, 11) is -1.90. The Hall–Kier alpha value is -1.07. The average Bonchev–Trinajstić information content (AvgIpc) is 2.18. The number of benzene rings is 1. The van der Waals surface area contributed by atoms with Gasteiger partial charge in [0.1, 0.15) is 5.75 Å². The molecule has 0 radical (unpaired) electrons. The summed E-state index contributed by atoms with van der Waals surface area (Å²) < 4.78 is 30.9. The highest BCUT2D eigenvalue weighted by Crippen LogP contribution is 2.21. The van der Waals surface area contributed by atoms with Gasteiger partial charge in [0.2, 0.25) is 10.0 Å². The lowest BCUT2D eigenvalue weighted by atomic mass is 10.2. The first kappa shape index (κ1) is 12.0. The highest BCUT2D eigenvalue weighted by atomic mass is 32.2. The van der Waals surface area contributed by atoms with Crippen molar-refractivity contribution in [3.8, 4) is 5.75 Å². The molecule has 1 rings (SSSR count). The van der Waals surface area contributed by atoms with Crippen LogP contribution in [-0.2, 0) is 10.0 Å². The summed E-state index contributed by atoms with van der Waals surface area (Å²) in [5.41, 5.74) is 0.705. The van der Waals surface area contributed by atoms with Gasteiger partial charge < -0.3 is 4.74 Å². The Labute approximate surface area is 90.3 Å². The van der Waals surface area contributed by atoms with E-state index in [-0.39, 0.29) is 4.90 Å². The van der Waals surface area contributed by atoms with Crippen molar-refractivity contribution in [2.24, 2.45) is 0 Å². The van der Waals surface area contributed by atoms with E-state index in [1.807, 2.05) is 0 Å². The second-order valence-electron chi connectivity index (χ2n) is 3.13. The molecule has 4 nitrogen and oxygen atoms in total. The highest BCUT2D eigenvalue weighted by molar-refractivity contribution is 7.89. The molecule has 84 valence electrons. The standard InChI is InChI=1S/C10H15NO3S/c1-4-11-15(12,13)10-7-9(14-3)6-5-8(10)2/h5-7,11H,4H2,1-3H3. The van der Waals surface area contributed by atoms with E-state index in [0.717, 1.165) is 0 Å². The Morgan fingerprint density at radius 2 is 2.07 bits per heavy atom. The van der Waals surface area contributed by atoms with E-state index in [1.165, 1.54) is 13.2 Å². The van der Waals surface area contributed by atoms with Gasteiger partial charge in [-0.15, -0.1) is 0 Å². The van der Waals surface area contributed by atoms with Gasteiger partial charge in [0.05, 0.1) is 12.0 Å². The first-order valence-electron chi connectivity index (χ1n) is 4.65. The number of aryl methyl sites for hydroxylation is 1. The van der Waals surface area contributed by atoms with Crippen LogP contribution in [0.25, 0.3) is 0 Å². The van der Waals surface area contributed by atoms with Crippen molar-refractivity contribution in [1.29, 1.82) is 0 Å². The summed E-state index contributed by atoms with van der Waals surface area (Å²) in [6.45, 7) is 3.87. The molecule has 5 heteroatoms. The fourth-order valence-corrected chi connectivity index (χ4v) is 2.56. The van der Waals surface area contributed by atoms with Crippen LogP contribution >= 0.6 is 0 Å². The highest BCUT2D eigenvalue weighted by Gasteiger charge is 2.16. The normalized spacial score (nSPS) is 11.4. The number of sulfonamides is 1. The molecule has 1 aromatic carbocycles. The number of methoxy groups -OCH3 is 1. The van der Waals surface area contributed by atoms with Crippen LogP contribution in [0.2, 0.25) is 0 Å². The molecule has 0 aliphatic heterocycles. The van der Waals surface area contributed by atoms with Gasteiger partial charge in [-0.25, -0.2) is 13.1 Å². The second kappa shape index (κ2) is 4.63. The first-order valence-corrected chi connectivity index (χ1v) is 6.14. The molecular formula is C10H15NO3S. The van der Waals surface area contributed by atoms with Gasteiger partial charge in [0.15, 0.2) is 0 Å². The van der Waals surface area contributed by atoms with Crippen molar-refractivity contribution in [3.05, 3.63) is 23.8 Å². The van der Waals surface area contributed by atoms with Crippen LogP contribution in [0.15, 0.2) is 23.1 Å². The Morgan fingerprint density at radius 1 is 1.40 bits per heavy atom. The van der Waals surface area contributed by atoms with Gasteiger partial charge in [-0.3, -0.25) is 0 Å². The third-order valence-corrected chi connectivity index (χ3v) is 3.71. The second-order valence-corrected chi connectivity index (χ2v) is 4.87. The van der Waals surface area contributed by atoms with Crippen molar-refractivity contribution in [3.63, 3.8) is 0 Å². The zero-order chi connectivity index (χ0) is 11.5. The zero-order valence-corrected chi connectivity index (χ0v) is 9.89. The predicted molar refractivity (Wildman–Crippen MR) is 58.6 cm³/mol. The van der Waals surface area contributed by atoms with E-state index >= 15 is 0 Å². The van der Waals surface area contributed by atoms with Gasteiger partial charge >= 0.3 is 0 Å². The van der Waals surface area contributed by atoms with Gasteiger partial charge in [-0.1, -0.05) is 13.0 Å². The van der Waals surface area contributed by atoms with Gasteiger partial charge in [0, 0.05) is 12.6 Å². The van der Waals surface area contributed by atoms with Gasteiger partial charge in [0.25, 0.3) is 0 Å². The van der Waals surface area contributed by atoms with Crippen molar-refractivity contribution in [1.82, 2.24) is 4.72 Å². The Balaban J connectivity index is 3.24. The Kier molecular flexibility index (Phi) is 3.71. The molecule has 0 atom stereocenters. The molecular weight excluding hydrogens is 214 g/mol. The average molecular weight is 229 g/mol. The zero-order valence-electron chi connectivity index (χ0n) is 9.07. The molecule has 0 heterocycles. The summed E-state index contributed by atoms with van der Waals surface area (Å²) >= 11 is 0. The van der Waals surface area contributed by atoms with Crippen molar-refractivity contribution in [2.75, 3.05) is 13.7 Å². The first-order chi connectivity index (χ1) is 7.01. The molecule has 0 amide bonds. The largest absolute Gasteiger partial charge is 0.497 e. The Morgan fingerprint density at radius 3 is 2.60 bits per heavy atom. The van der Waals surface area contributed by atoms with Gasteiger partial charge in [-0.05, 0) is 18.6 Å². The van der Waals surface area contributed by atoms with E-state index in [1.54, 1.807) is 26.0 Å². The molecule has 0 spiro atoms. The summed E-state index contributed by atoms with van der Waals surface area (Å²) in [5.74, 6) is 0.539. The van der Waals surface area contributed by atoms with Crippen LogP contribution in [0, 0.1) is 6.92 Å². The van der Waals surface area contributed by atoms with Crippen LogP contribution in [0.3, 0.4) is 0 Å². The Bertz CT molecular complexity index is 440. The monoisotopic (exact) mass is 229 g/mol. The van der Waals surface area contributed by atoms with Crippen molar-refractivity contribution >= 4 is 10.0 Å². The fraction of sp³-hybridized carbons (Fsp3) is 0.400. The topological polar surface area (TPSA) is 55.4 Å². The third kappa shape index (κ3) is 2.70. The van der Waals surface area contributed by atoms with Gasteiger partial charge in [-0.2, -0.15) is 0 Å². The fourth-order valence-electron chi connectivity index (χ4n) is 1.26. The molecule has 0 aliphatic rings. The van der Waals surface area contributed by atoms with E-state index in [2.05, 4.69) is 4.72 Å². The summed E-state index contributed by atoms with van der Waals surface area (Å²) in [6, 6.07) is 4.98. The van der Waals surface area contributed by atoms with E-state index in [0.29, 0.717) is 17.9 Å². The molecule has 0 saturated carbocycles. The summed E-state index contributed by atoms with van der Waals surface area (Å²) in [4.78, 5) is 0.267. The maximum Gasteiger partial charge on any atom is 0.240 e. The molecule has 0 bridgehead atoms. The van der Waals surface area contributed by atoms with E-state index < -0.39 is 10.0 Å². The molecule has 0 unspecified atom stereocenters. The lowest BCUT2D eigenvalue weighted by Gasteiger charge is -2.09. The molecule has 0 aromatic heterocycles. The number of ether oxygens (including phenoxy) is 1. The van der Waals surface area contributed by atoms with E-state index in [9.17, 15) is 8.42 Å². The molecule has 15 heavy (non-hydrogen) atoms. The number of nitrogens with one attached hydrogen (secondary N) is 1. The number of hydrogen-bond donors (Lipinski definition) is 1. The lowest BCUT2D eigenvalue weighted by molar-refractivity contribution is 0.413. The van der Waals surface area contributed by atoms with Crippen LogP contribution < -0.4 is 9.46 Å². The van der Waals surface area contributed by atoms with Crippen LogP contribution in [0.4, 0.5) is 0 Å². The van der Waals surface area contributed by atoms with Crippen LogP contribution in [0.5, 0.6) is 5.75 Å². The smallest absolute Gasteiger partial charge is 0.240 e. The summed E-state index contributed by atoms with van der Waals surface area (Å²) in [5, 5.41) is 0. The van der Waals surface area contributed by atoms with Crippen LogP contribution in [-0.4, -0.2) is 22.1 Å². The van der Waals surface area contributed by atoms with Crippen molar-refractivity contribution in [2.45, 2.75) is 18.7 Å². The third-order valence-electron chi connectivity index (χ3n) is 2.02. The quantitative estimate of drug-likeness (QED) is 0.846. The van der Waals surface area contributed by atoms with E-state index in [4.69, 9.17) is 4.74 Å². The molecule has 1 N–H and O–H groups in total. The number of hydrogen-bond acceptors (Lipinski definition) is 3. The SMILES string of the molecule is CCNS(=O)(=O)c1cc(OC)ccc1C. The molecule has 1 aromatic rings. The molecule has 0 saturated heterocycles.